The van der Waals surface area contributed by atoms with Crippen LogP contribution in [0.25, 0.3) is 0 Å². The van der Waals surface area contributed by atoms with E-state index in [4.69, 9.17) is 9.52 Å². The molecule has 0 atom stereocenters. The smallest absolute Gasteiger partial charge is 0.339 e. The van der Waals surface area contributed by atoms with E-state index in [9.17, 15) is 9.90 Å². The zero-order valence-corrected chi connectivity index (χ0v) is 11.2. The van der Waals surface area contributed by atoms with Gasteiger partial charge in [0.15, 0.2) is 0 Å². The summed E-state index contributed by atoms with van der Waals surface area (Å²) in [5, 5.41) is 22.4. The number of aromatic carboxylic acids is 1. The topological polar surface area (TPSA) is 82.7 Å². The number of aliphatic hydroxyl groups is 1. The molecule has 3 N–H and O–H groups in total. The second kappa shape index (κ2) is 5.75. The fourth-order valence-corrected chi connectivity index (χ4v) is 2.55. The van der Waals surface area contributed by atoms with Crippen molar-refractivity contribution in [2.24, 2.45) is 5.92 Å². The summed E-state index contributed by atoms with van der Waals surface area (Å²) < 4.78 is 5.14. The van der Waals surface area contributed by atoms with E-state index in [0.29, 0.717) is 24.8 Å². The van der Waals surface area contributed by atoms with Crippen LogP contribution in [0.2, 0.25) is 0 Å². The zero-order chi connectivity index (χ0) is 13.9. The van der Waals surface area contributed by atoms with Crippen molar-refractivity contribution in [1.82, 2.24) is 5.32 Å². The van der Waals surface area contributed by atoms with E-state index >= 15 is 0 Å². The van der Waals surface area contributed by atoms with Crippen LogP contribution in [0.3, 0.4) is 0 Å². The molecule has 1 aliphatic carbocycles. The van der Waals surface area contributed by atoms with Gasteiger partial charge in [0.25, 0.3) is 0 Å². The van der Waals surface area contributed by atoms with Crippen LogP contribution in [0.1, 0.15) is 48.7 Å². The first kappa shape index (κ1) is 14.1. The number of furan rings is 1. The largest absolute Gasteiger partial charge is 0.478 e. The summed E-state index contributed by atoms with van der Waals surface area (Å²) >= 11 is 0. The van der Waals surface area contributed by atoms with Gasteiger partial charge in [-0.1, -0.05) is 6.92 Å². The summed E-state index contributed by atoms with van der Waals surface area (Å²) in [6.45, 7) is 3.00. The maximum absolute atomic E-state index is 10.9. The van der Waals surface area contributed by atoms with Crippen molar-refractivity contribution < 1.29 is 19.4 Å². The molecule has 0 amide bonds. The Bertz CT molecular complexity index is 432. The molecule has 2 rings (SSSR count). The third kappa shape index (κ3) is 3.58. The Kier molecular flexibility index (Phi) is 4.27. The minimum atomic E-state index is -0.990. The summed E-state index contributed by atoms with van der Waals surface area (Å²) in [5.74, 6) is 0.0972. The first-order valence-corrected chi connectivity index (χ1v) is 6.73. The average Bonchev–Trinajstić information content (AvgIpc) is 2.82. The second-order valence-electron chi connectivity index (χ2n) is 5.57. The SMILES string of the molecule is CC1CCC(O)(CNCc2occc2C(=O)O)CC1. The molecule has 1 saturated carbocycles. The molecule has 19 heavy (non-hydrogen) atoms. The highest BCUT2D eigenvalue weighted by Gasteiger charge is 2.31. The predicted molar refractivity (Wildman–Crippen MR) is 70.0 cm³/mol. The maximum atomic E-state index is 10.9. The van der Waals surface area contributed by atoms with Crippen LogP contribution >= 0.6 is 0 Å². The maximum Gasteiger partial charge on any atom is 0.339 e. The molecule has 1 aliphatic rings. The number of hydrogen-bond donors (Lipinski definition) is 3. The van der Waals surface area contributed by atoms with Gasteiger partial charge < -0.3 is 19.9 Å². The number of nitrogens with one attached hydrogen (secondary N) is 1. The van der Waals surface area contributed by atoms with Crippen LogP contribution in [0.4, 0.5) is 0 Å². The fourth-order valence-electron chi connectivity index (χ4n) is 2.55. The van der Waals surface area contributed by atoms with Crippen molar-refractivity contribution in [3.05, 3.63) is 23.7 Å². The van der Waals surface area contributed by atoms with Crippen molar-refractivity contribution >= 4 is 5.97 Å². The van der Waals surface area contributed by atoms with Gasteiger partial charge in [-0.15, -0.1) is 0 Å². The van der Waals surface area contributed by atoms with Gasteiger partial charge in [-0.2, -0.15) is 0 Å². The highest BCUT2D eigenvalue weighted by atomic mass is 16.4. The van der Waals surface area contributed by atoms with Crippen LogP contribution in [0, 0.1) is 5.92 Å². The van der Waals surface area contributed by atoms with Gasteiger partial charge in [-0.25, -0.2) is 4.79 Å². The van der Waals surface area contributed by atoms with E-state index in [0.717, 1.165) is 25.7 Å². The Morgan fingerprint density at radius 1 is 1.53 bits per heavy atom. The Morgan fingerprint density at radius 2 is 2.21 bits per heavy atom. The van der Waals surface area contributed by atoms with E-state index in [2.05, 4.69) is 12.2 Å². The Morgan fingerprint density at radius 3 is 2.84 bits per heavy atom. The normalized spacial score (nSPS) is 27.4. The average molecular weight is 267 g/mol. The van der Waals surface area contributed by atoms with Crippen molar-refractivity contribution in [2.45, 2.75) is 44.8 Å². The molecule has 0 spiro atoms. The molecule has 1 aromatic rings. The van der Waals surface area contributed by atoms with Gasteiger partial charge in [-0.05, 0) is 37.7 Å². The van der Waals surface area contributed by atoms with Crippen LogP contribution < -0.4 is 5.32 Å². The minimum absolute atomic E-state index is 0.178. The lowest BCUT2D eigenvalue weighted by atomic mass is 9.79. The number of hydrogen-bond acceptors (Lipinski definition) is 4. The van der Waals surface area contributed by atoms with Crippen molar-refractivity contribution in [1.29, 1.82) is 0 Å². The van der Waals surface area contributed by atoms with Crippen molar-refractivity contribution in [3.63, 3.8) is 0 Å². The molecule has 106 valence electrons. The summed E-state index contributed by atoms with van der Waals surface area (Å²) in [6.07, 6.45) is 5.05. The molecule has 1 fully saturated rings. The van der Waals surface area contributed by atoms with Gasteiger partial charge in [0, 0.05) is 6.54 Å². The third-order valence-electron chi connectivity index (χ3n) is 3.92. The molecule has 0 unspecified atom stereocenters. The van der Waals surface area contributed by atoms with Gasteiger partial charge in [0.05, 0.1) is 18.4 Å². The molecule has 5 heteroatoms. The molecule has 1 aromatic heterocycles. The summed E-state index contributed by atoms with van der Waals surface area (Å²) in [4.78, 5) is 10.9. The monoisotopic (exact) mass is 267 g/mol. The molecular formula is C14H21NO4. The lowest BCUT2D eigenvalue weighted by Crippen LogP contribution is -2.43. The molecule has 0 bridgehead atoms. The van der Waals surface area contributed by atoms with Crippen LogP contribution in [-0.4, -0.2) is 28.3 Å². The van der Waals surface area contributed by atoms with Gasteiger partial charge in [-0.3, -0.25) is 0 Å². The molecule has 0 aromatic carbocycles. The van der Waals surface area contributed by atoms with Crippen LogP contribution in [0.15, 0.2) is 16.7 Å². The predicted octanol–water partition coefficient (Wildman–Crippen LogP) is 2.01. The molecule has 0 saturated heterocycles. The molecule has 5 nitrogen and oxygen atoms in total. The van der Waals surface area contributed by atoms with Crippen LogP contribution in [0.5, 0.6) is 0 Å². The van der Waals surface area contributed by atoms with E-state index in [1.54, 1.807) is 0 Å². The van der Waals surface area contributed by atoms with E-state index in [1.165, 1.54) is 12.3 Å². The summed E-state index contributed by atoms with van der Waals surface area (Å²) in [6, 6.07) is 1.44. The van der Waals surface area contributed by atoms with Gasteiger partial charge >= 0.3 is 5.97 Å². The lowest BCUT2D eigenvalue weighted by Gasteiger charge is -2.35. The highest BCUT2D eigenvalue weighted by Crippen LogP contribution is 2.31. The summed E-state index contributed by atoms with van der Waals surface area (Å²) in [7, 11) is 0. The Balaban J connectivity index is 1.83. The Labute approximate surface area is 112 Å². The number of carboxylic acid groups (broad SMARTS) is 1. The Hall–Kier alpha value is -1.33. The standard InChI is InChI=1S/C14H21NO4/c1-10-2-5-14(18,6-3-10)9-15-8-12-11(13(16)17)4-7-19-12/h4,7,10,15,18H,2-3,5-6,8-9H2,1H3,(H,16,17). The first-order chi connectivity index (χ1) is 9.00. The van der Waals surface area contributed by atoms with Gasteiger partial charge in [0.1, 0.15) is 11.3 Å². The van der Waals surface area contributed by atoms with Gasteiger partial charge in [0.2, 0.25) is 0 Å². The minimum Gasteiger partial charge on any atom is -0.478 e. The lowest BCUT2D eigenvalue weighted by molar-refractivity contribution is -0.00657. The number of carboxylic acids is 1. The van der Waals surface area contributed by atoms with E-state index < -0.39 is 11.6 Å². The molecule has 0 aliphatic heterocycles. The summed E-state index contributed by atoms with van der Waals surface area (Å²) in [5.41, 5.74) is -0.487. The molecular weight excluding hydrogens is 246 g/mol. The third-order valence-corrected chi connectivity index (χ3v) is 3.92. The zero-order valence-electron chi connectivity index (χ0n) is 11.2. The molecule has 0 radical (unpaired) electrons. The van der Waals surface area contributed by atoms with Crippen molar-refractivity contribution in [2.75, 3.05) is 6.54 Å². The van der Waals surface area contributed by atoms with Crippen LogP contribution in [-0.2, 0) is 6.54 Å². The fraction of sp³-hybridized carbons (Fsp3) is 0.643. The van der Waals surface area contributed by atoms with Crippen molar-refractivity contribution in [3.8, 4) is 0 Å². The quantitative estimate of drug-likeness (QED) is 0.760. The highest BCUT2D eigenvalue weighted by molar-refractivity contribution is 5.88. The molecule has 1 heterocycles. The van der Waals surface area contributed by atoms with E-state index in [1.807, 2.05) is 0 Å². The van der Waals surface area contributed by atoms with E-state index in [-0.39, 0.29) is 5.56 Å². The number of rotatable bonds is 5. The number of carbonyl (C=O) groups is 1. The second-order valence-corrected chi connectivity index (χ2v) is 5.57. The first-order valence-electron chi connectivity index (χ1n) is 6.73.